The molecule has 0 aliphatic carbocycles. The van der Waals surface area contributed by atoms with Gasteiger partial charge in [0, 0.05) is 21.1 Å². The maximum Gasteiger partial charge on any atom is 0.192 e. The van der Waals surface area contributed by atoms with Gasteiger partial charge in [0.15, 0.2) is 11.8 Å². The van der Waals surface area contributed by atoms with Gasteiger partial charge in [-0.05, 0) is 31.5 Å². The largest absolute Gasteiger partial charge is 0.363 e. The molecule has 0 aliphatic rings. The fourth-order valence-electron chi connectivity index (χ4n) is 2.91. The van der Waals surface area contributed by atoms with Crippen LogP contribution >= 0.6 is 24.0 Å². The molecule has 2 aromatic heterocycles. The predicted molar refractivity (Wildman–Crippen MR) is 136 cm³/mol. The molecule has 0 saturated carbocycles. The zero-order valence-corrected chi connectivity index (χ0v) is 21.0. The number of halogens is 1. The summed E-state index contributed by atoms with van der Waals surface area (Å²) in [5.74, 6) is 3.34. The highest BCUT2D eigenvalue weighted by Crippen LogP contribution is 2.12. The number of aromatic nitrogens is 4. The van der Waals surface area contributed by atoms with Gasteiger partial charge in [0.25, 0.3) is 0 Å². The van der Waals surface area contributed by atoms with Crippen molar-refractivity contribution in [2.45, 2.75) is 33.0 Å². The molecule has 0 bridgehead atoms. The van der Waals surface area contributed by atoms with E-state index in [-0.39, 0.29) is 30.0 Å². The van der Waals surface area contributed by atoms with E-state index in [4.69, 9.17) is 4.99 Å². The summed E-state index contributed by atoms with van der Waals surface area (Å²) < 4.78 is 1.97. The first kappa shape index (κ1) is 24.6. The molecule has 0 fully saturated rings. The molecule has 2 heterocycles. The van der Waals surface area contributed by atoms with Crippen molar-refractivity contribution in [2.75, 3.05) is 19.0 Å². The Morgan fingerprint density at radius 1 is 1.10 bits per heavy atom. The lowest BCUT2D eigenvalue weighted by Gasteiger charge is -2.19. The van der Waals surface area contributed by atoms with Crippen molar-refractivity contribution in [3.63, 3.8) is 0 Å². The third-order valence-electron chi connectivity index (χ3n) is 4.90. The molecular weight excluding hydrogens is 503 g/mol. The van der Waals surface area contributed by atoms with E-state index in [1.807, 2.05) is 73.9 Å². The Balaban J connectivity index is 0.00000341. The van der Waals surface area contributed by atoms with Crippen LogP contribution in [0.5, 0.6) is 0 Å². The Morgan fingerprint density at radius 2 is 1.84 bits per heavy atom. The van der Waals surface area contributed by atoms with Crippen LogP contribution in [0, 0.1) is 6.92 Å². The van der Waals surface area contributed by atoms with Crippen LogP contribution in [0.15, 0.2) is 53.5 Å². The number of aryl methyl sites for hydroxylation is 1. The van der Waals surface area contributed by atoms with E-state index >= 15 is 0 Å². The Kier molecular flexibility index (Phi) is 9.22. The van der Waals surface area contributed by atoms with Gasteiger partial charge in [-0.25, -0.2) is 9.98 Å². The third-order valence-corrected chi connectivity index (χ3v) is 4.90. The molecule has 3 rings (SSSR count). The second-order valence-corrected chi connectivity index (χ2v) is 7.40. The second-order valence-electron chi connectivity index (χ2n) is 7.40. The zero-order valence-electron chi connectivity index (χ0n) is 18.7. The minimum Gasteiger partial charge on any atom is -0.363 e. The topological polar surface area (TPSA) is 83.3 Å². The molecule has 1 unspecified atom stereocenters. The second kappa shape index (κ2) is 11.6. The number of hydrogen-bond donors (Lipinski definition) is 2. The highest BCUT2D eigenvalue weighted by atomic mass is 127. The molecule has 0 spiro atoms. The third kappa shape index (κ3) is 6.91. The van der Waals surface area contributed by atoms with Crippen molar-refractivity contribution < 1.29 is 0 Å². The van der Waals surface area contributed by atoms with Gasteiger partial charge in [0.2, 0.25) is 0 Å². The van der Waals surface area contributed by atoms with Gasteiger partial charge in [-0.1, -0.05) is 36.4 Å². The number of pyridine rings is 1. The van der Waals surface area contributed by atoms with Crippen molar-refractivity contribution in [1.82, 2.24) is 30.4 Å². The minimum absolute atomic E-state index is 0. The molecular formula is C22H31IN8. The van der Waals surface area contributed by atoms with Crippen LogP contribution in [0.4, 0.5) is 5.82 Å². The van der Waals surface area contributed by atoms with Gasteiger partial charge in [0.1, 0.15) is 11.6 Å². The van der Waals surface area contributed by atoms with E-state index in [1.54, 1.807) is 0 Å². The summed E-state index contributed by atoms with van der Waals surface area (Å²) in [6, 6.07) is 16.4. The molecule has 1 atom stereocenters. The van der Waals surface area contributed by atoms with Crippen LogP contribution in [0.1, 0.15) is 35.9 Å². The fourth-order valence-corrected chi connectivity index (χ4v) is 2.91. The number of nitrogens with one attached hydrogen (secondary N) is 2. The normalized spacial score (nSPS) is 12.1. The smallest absolute Gasteiger partial charge is 0.192 e. The van der Waals surface area contributed by atoms with E-state index in [0.29, 0.717) is 19.0 Å². The van der Waals surface area contributed by atoms with E-state index in [9.17, 15) is 0 Å². The average Bonchev–Trinajstić information content (AvgIpc) is 3.08. The van der Waals surface area contributed by atoms with Crippen LogP contribution in [0.25, 0.3) is 0 Å². The lowest BCUT2D eigenvalue weighted by molar-refractivity contribution is 0.663. The summed E-state index contributed by atoms with van der Waals surface area (Å²) in [7, 11) is 5.92. The van der Waals surface area contributed by atoms with Crippen LogP contribution in [-0.2, 0) is 20.1 Å². The van der Waals surface area contributed by atoms with Crippen molar-refractivity contribution in [2.24, 2.45) is 12.0 Å². The number of nitrogens with zero attached hydrogens (tertiary/aromatic N) is 6. The number of rotatable bonds is 7. The molecule has 2 N–H and O–H groups in total. The SMILES string of the molecule is Cc1nnc(CNC(=NCc2cccc(N(C)C)n2)NC(C)c2ccccc2)n1C.I. The van der Waals surface area contributed by atoms with E-state index < -0.39 is 0 Å². The van der Waals surface area contributed by atoms with Gasteiger partial charge in [-0.2, -0.15) is 0 Å². The van der Waals surface area contributed by atoms with E-state index in [2.05, 4.69) is 44.9 Å². The highest BCUT2D eigenvalue weighted by Gasteiger charge is 2.10. The summed E-state index contributed by atoms with van der Waals surface area (Å²) in [4.78, 5) is 11.4. The molecule has 166 valence electrons. The van der Waals surface area contributed by atoms with Crippen molar-refractivity contribution in [1.29, 1.82) is 0 Å². The monoisotopic (exact) mass is 534 g/mol. The first-order valence-electron chi connectivity index (χ1n) is 10.0. The lowest BCUT2D eigenvalue weighted by atomic mass is 10.1. The number of anilines is 1. The zero-order chi connectivity index (χ0) is 21.5. The molecule has 0 aliphatic heterocycles. The van der Waals surface area contributed by atoms with Crippen molar-refractivity contribution >= 4 is 35.8 Å². The van der Waals surface area contributed by atoms with Gasteiger partial charge in [0.05, 0.1) is 24.8 Å². The number of benzene rings is 1. The number of hydrogen-bond acceptors (Lipinski definition) is 5. The van der Waals surface area contributed by atoms with Crippen LogP contribution in [-0.4, -0.2) is 39.8 Å². The maximum atomic E-state index is 4.77. The molecule has 9 heteroatoms. The minimum atomic E-state index is 0. The van der Waals surface area contributed by atoms with Gasteiger partial charge in [-0.15, -0.1) is 34.2 Å². The molecule has 3 aromatic rings. The maximum absolute atomic E-state index is 4.77. The Labute approximate surface area is 201 Å². The number of guanidine groups is 1. The molecule has 8 nitrogen and oxygen atoms in total. The fraction of sp³-hybridized carbons (Fsp3) is 0.364. The first-order chi connectivity index (χ1) is 14.4. The van der Waals surface area contributed by atoms with E-state index in [0.717, 1.165) is 23.2 Å². The molecule has 1 aromatic carbocycles. The number of aliphatic imine (C=N–C) groups is 1. The average molecular weight is 534 g/mol. The van der Waals surface area contributed by atoms with Gasteiger partial charge in [-0.3, -0.25) is 0 Å². The Morgan fingerprint density at radius 3 is 2.48 bits per heavy atom. The summed E-state index contributed by atoms with van der Waals surface area (Å²) >= 11 is 0. The molecule has 0 radical (unpaired) electrons. The predicted octanol–water partition coefficient (Wildman–Crippen LogP) is 3.20. The van der Waals surface area contributed by atoms with Crippen LogP contribution < -0.4 is 15.5 Å². The lowest BCUT2D eigenvalue weighted by Crippen LogP contribution is -2.39. The quantitative estimate of drug-likeness (QED) is 0.275. The Hall–Kier alpha value is -2.69. The van der Waals surface area contributed by atoms with E-state index in [1.165, 1.54) is 5.56 Å². The molecule has 0 amide bonds. The van der Waals surface area contributed by atoms with Crippen LogP contribution in [0.3, 0.4) is 0 Å². The first-order valence-corrected chi connectivity index (χ1v) is 10.0. The van der Waals surface area contributed by atoms with Gasteiger partial charge < -0.3 is 20.1 Å². The van der Waals surface area contributed by atoms with Crippen LogP contribution in [0.2, 0.25) is 0 Å². The van der Waals surface area contributed by atoms with Gasteiger partial charge >= 0.3 is 0 Å². The van der Waals surface area contributed by atoms with Crippen molar-refractivity contribution in [3.05, 3.63) is 71.4 Å². The van der Waals surface area contributed by atoms with Crippen molar-refractivity contribution in [3.8, 4) is 0 Å². The summed E-state index contributed by atoms with van der Waals surface area (Å²) in [6.45, 7) is 5.04. The molecule has 0 saturated heterocycles. The highest BCUT2D eigenvalue weighted by molar-refractivity contribution is 14.0. The summed E-state index contributed by atoms with van der Waals surface area (Å²) in [5, 5.41) is 15.2. The molecule has 31 heavy (non-hydrogen) atoms. The summed E-state index contributed by atoms with van der Waals surface area (Å²) in [5.41, 5.74) is 2.10. The Bertz CT molecular complexity index is 984. The summed E-state index contributed by atoms with van der Waals surface area (Å²) in [6.07, 6.45) is 0. The standard InChI is InChI=1S/C22H30N8.HI/c1-16(18-10-7-6-8-11-18)25-22(24-15-21-28-27-17(2)30(21)5)23-14-19-12-9-13-20(26-19)29(3)4;/h6-13,16H,14-15H2,1-5H3,(H2,23,24,25);1H.